The molecule has 0 heterocycles. The Labute approximate surface area is 253 Å². The number of carboxylic acid groups (broad SMARTS) is 1. The fraction of sp³-hybridized carbons (Fsp3) is 0.607. The van der Waals surface area contributed by atoms with Gasteiger partial charge in [0.2, 0.25) is 0 Å². The molecule has 9 N–H and O–H groups in total. The van der Waals surface area contributed by atoms with E-state index in [2.05, 4.69) is 21.3 Å². The van der Waals surface area contributed by atoms with Crippen LogP contribution in [0.15, 0.2) is 24.3 Å². The normalized spacial score (nSPS) is 13.8. The van der Waals surface area contributed by atoms with Gasteiger partial charge in [0.15, 0.2) is 0 Å². The molecular formula is C28H46N6O7Se. The van der Waals surface area contributed by atoms with Crippen LogP contribution < -0.4 is 37.5 Å². The number of rotatable bonds is 20. The van der Waals surface area contributed by atoms with Crippen LogP contribution in [-0.2, 0) is 29.3 Å². The van der Waals surface area contributed by atoms with E-state index in [4.69, 9.17) is 16.2 Å². The van der Waals surface area contributed by atoms with Crippen LogP contribution in [0.5, 0.6) is 5.75 Å². The molecule has 14 heteroatoms. The summed E-state index contributed by atoms with van der Waals surface area (Å²) < 4.78 is 5.16. The number of carbonyl (C=O) groups is 5. The number of nitrogens with one attached hydrogen (secondary N) is 4. The van der Waals surface area contributed by atoms with E-state index in [-0.39, 0.29) is 20.9 Å². The average Bonchev–Trinajstić information content (AvgIpc) is 2.94. The summed E-state index contributed by atoms with van der Waals surface area (Å²) in [5.41, 5.74) is 12.6. The zero-order valence-electron chi connectivity index (χ0n) is 24.8. The second kappa shape index (κ2) is 19.8. The SMILES string of the molecule is COc1ccc(C[Se]C[C@H](NC(=O)CNC(=O)[C@H](CCCCN)NC(=O)[C@@H](N)CC(C)C)C(=O)N[C@@H](C)C(=O)O)cc1. The number of ether oxygens (including phenoxy) is 1. The van der Waals surface area contributed by atoms with Crippen molar-refractivity contribution in [2.24, 2.45) is 17.4 Å². The van der Waals surface area contributed by atoms with E-state index >= 15 is 0 Å². The van der Waals surface area contributed by atoms with Crippen LogP contribution in [0.25, 0.3) is 0 Å². The van der Waals surface area contributed by atoms with Crippen molar-refractivity contribution >= 4 is 44.6 Å². The number of aliphatic carboxylic acids is 1. The second-order valence-electron chi connectivity index (χ2n) is 10.4. The van der Waals surface area contributed by atoms with E-state index in [1.807, 2.05) is 38.1 Å². The number of benzene rings is 1. The molecule has 13 nitrogen and oxygen atoms in total. The van der Waals surface area contributed by atoms with Gasteiger partial charge in [0.25, 0.3) is 0 Å². The van der Waals surface area contributed by atoms with Gasteiger partial charge in [-0.3, -0.25) is 0 Å². The van der Waals surface area contributed by atoms with Crippen LogP contribution in [0.1, 0.15) is 52.0 Å². The van der Waals surface area contributed by atoms with Gasteiger partial charge < -0.3 is 5.73 Å². The van der Waals surface area contributed by atoms with Crippen molar-refractivity contribution in [3.63, 3.8) is 0 Å². The monoisotopic (exact) mass is 658 g/mol. The van der Waals surface area contributed by atoms with E-state index in [1.165, 1.54) is 6.92 Å². The van der Waals surface area contributed by atoms with Crippen LogP contribution in [0.4, 0.5) is 0 Å². The summed E-state index contributed by atoms with van der Waals surface area (Å²) in [6.07, 6.45) is 2.01. The molecule has 0 spiro atoms. The number of amides is 4. The van der Waals surface area contributed by atoms with Crippen molar-refractivity contribution in [2.45, 2.75) is 81.3 Å². The number of hydrogen-bond donors (Lipinski definition) is 7. The Morgan fingerprint density at radius 2 is 1.60 bits per heavy atom. The fourth-order valence-corrected chi connectivity index (χ4v) is 5.90. The Morgan fingerprint density at radius 1 is 0.929 bits per heavy atom. The van der Waals surface area contributed by atoms with Crippen molar-refractivity contribution in [1.82, 2.24) is 21.3 Å². The summed E-state index contributed by atoms with van der Waals surface area (Å²) in [4.78, 5) is 62.3. The maximum atomic E-state index is 12.9. The summed E-state index contributed by atoms with van der Waals surface area (Å²) >= 11 is -0.118. The number of methoxy groups -OCH3 is 1. The third kappa shape index (κ3) is 14.6. The number of unbranched alkanes of at least 4 members (excludes halogenated alkanes) is 1. The molecule has 42 heavy (non-hydrogen) atoms. The average molecular weight is 658 g/mol. The van der Waals surface area contributed by atoms with Crippen LogP contribution in [0.3, 0.4) is 0 Å². The van der Waals surface area contributed by atoms with Crippen LogP contribution in [0.2, 0.25) is 5.32 Å². The van der Waals surface area contributed by atoms with Crippen molar-refractivity contribution in [3.05, 3.63) is 29.8 Å². The zero-order chi connectivity index (χ0) is 31.7. The summed E-state index contributed by atoms with van der Waals surface area (Å²) in [6, 6.07) is 3.66. The molecule has 0 aliphatic heterocycles. The molecule has 1 rings (SSSR count). The van der Waals surface area contributed by atoms with Gasteiger partial charge >= 0.3 is 229 Å². The molecular weight excluding hydrogens is 611 g/mol. The third-order valence-electron chi connectivity index (χ3n) is 6.16. The van der Waals surface area contributed by atoms with Gasteiger partial charge in [-0.2, -0.15) is 0 Å². The predicted molar refractivity (Wildman–Crippen MR) is 160 cm³/mol. The number of carbonyl (C=O) groups excluding carboxylic acids is 4. The van der Waals surface area contributed by atoms with Crippen molar-refractivity contribution in [2.75, 3.05) is 20.2 Å². The Bertz CT molecular complexity index is 1020. The van der Waals surface area contributed by atoms with Crippen molar-refractivity contribution < 1.29 is 33.8 Å². The topological polar surface area (TPSA) is 215 Å². The molecule has 0 bridgehead atoms. The molecule has 0 saturated heterocycles. The molecule has 1 aromatic rings. The summed E-state index contributed by atoms with van der Waals surface area (Å²) in [6.45, 7) is 5.19. The van der Waals surface area contributed by atoms with E-state index in [0.717, 1.165) is 11.3 Å². The second-order valence-corrected chi connectivity index (χ2v) is 12.5. The predicted octanol–water partition coefficient (Wildman–Crippen LogP) is -0.505. The molecule has 0 aromatic heterocycles. The minimum absolute atomic E-state index is 0.118. The van der Waals surface area contributed by atoms with Gasteiger partial charge in [-0.1, -0.05) is 13.8 Å². The van der Waals surface area contributed by atoms with E-state index < -0.39 is 60.3 Å². The van der Waals surface area contributed by atoms with E-state index in [1.54, 1.807) is 7.11 Å². The van der Waals surface area contributed by atoms with Gasteiger partial charge in [0.1, 0.15) is 0 Å². The van der Waals surface area contributed by atoms with Crippen molar-refractivity contribution in [3.8, 4) is 5.75 Å². The van der Waals surface area contributed by atoms with Gasteiger partial charge in [0, 0.05) is 0 Å². The van der Waals surface area contributed by atoms with Gasteiger partial charge in [-0.25, -0.2) is 0 Å². The Kier molecular flexibility index (Phi) is 17.4. The molecule has 0 saturated carbocycles. The molecule has 4 amide bonds. The standard InChI is InChI=1S/C28H46N6O7Se/c1-17(2)13-21(30)25(36)34-22(7-5-6-12-29)26(37)31-14-24(35)33-23(27(38)32-18(3)28(39)40)16-42-15-19-8-10-20(41-4)11-9-19/h8-11,17-18,21-23H,5-7,12-16,29-30H2,1-4H3,(H,31,37)(H,32,38)(H,33,35)(H,34,36)(H,39,40)/t18-,21-,22-,23-/m0/s1. The summed E-state index contributed by atoms with van der Waals surface area (Å²) in [5, 5.41) is 20.3. The fourth-order valence-electron chi connectivity index (χ4n) is 3.77. The zero-order valence-corrected chi connectivity index (χ0v) is 26.5. The first-order valence-electron chi connectivity index (χ1n) is 13.9. The van der Waals surface area contributed by atoms with Crippen LogP contribution in [0, 0.1) is 5.92 Å². The molecule has 0 radical (unpaired) electrons. The first-order valence-corrected chi connectivity index (χ1v) is 16.4. The molecule has 0 aliphatic rings. The van der Waals surface area contributed by atoms with Gasteiger partial charge in [-0.05, 0) is 5.92 Å². The molecule has 0 aliphatic carbocycles. The maximum absolute atomic E-state index is 12.9. The van der Waals surface area contributed by atoms with E-state index in [9.17, 15) is 29.1 Å². The van der Waals surface area contributed by atoms with Gasteiger partial charge in [0.05, 0.1) is 0 Å². The molecule has 0 fully saturated rings. The summed E-state index contributed by atoms with van der Waals surface area (Å²) in [5.74, 6) is -2.57. The summed E-state index contributed by atoms with van der Waals surface area (Å²) in [7, 11) is 1.58. The number of carboxylic acids is 1. The third-order valence-corrected chi connectivity index (χ3v) is 8.48. The Balaban J connectivity index is 2.81. The molecule has 236 valence electrons. The van der Waals surface area contributed by atoms with Gasteiger partial charge in [-0.15, -0.1) is 0 Å². The first kappa shape index (κ1) is 36.8. The van der Waals surface area contributed by atoms with Crippen LogP contribution >= 0.6 is 0 Å². The quantitative estimate of drug-likeness (QED) is 0.0710. The first-order chi connectivity index (χ1) is 19.9. The van der Waals surface area contributed by atoms with E-state index in [0.29, 0.717) is 42.9 Å². The molecule has 0 unspecified atom stereocenters. The Hall–Kier alpha value is -3.19. The minimum atomic E-state index is -1.21. The Morgan fingerprint density at radius 3 is 2.17 bits per heavy atom. The number of nitrogens with two attached hydrogens (primary N) is 2. The van der Waals surface area contributed by atoms with Crippen LogP contribution in [-0.4, -0.2) is 94.0 Å². The number of hydrogen-bond acceptors (Lipinski definition) is 8. The molecule has 1 aromatic carbocycles. The molecule has 4 atom stereocenters. The van der Waals surface area contributed by atoms with Crippen molar-refractivity contribution in [1.29, 1.82) is 0 Å².